The van der Waals surface area contributed by atoms with Gasteiger partial charge in [-0.1, -0.05) is 6.92 Å². The van der Waals surface area contributed by atoms with Crippen LogP contribution in [0.5, 0.6) is 0 Å². The molecule has 0 saturated heterocycles. The van der Waals surface area contributed by atoms with Gasteiger partial charge in [0, 0.05) is 24.8 Å². The minimum atomic E-state index is -3.54. The quantitative estimate of drug-likeness (QED) is 0.740. The maximum Gasteiger partial charge on any atom is 0.241 e. The zero-order valence-electron chi connectivity index (χ0n) is 12.2. The van der Waals surface area contributed by atoms with Crippen LogP contribution < -0.4 is 10.0 Å². The number of aromatic nitrogens is 1. The van der Waals surface area contributed by atoms with Gasteiger partial charge in [-0.05, 0) is 38.2 Å². The second-order valence-corrected chi connectivity index (χ2v) is 7.14. The molecule has 0 aliphatic heterocycles. The Hall–Kier alpha value is -1.18. The third-order valence-electron chi connectivity index (χ3n) is 3.62. The molecule has 3 N–H and O–H groups in total. The summed E-state index contributed by atoms with van der Waals surface area (Å²) in [7, 11) is -3.54. The van der Waals surface area contributed by atoms with Crippen molar-refractivity contribution in [1.29, 1.82) is 0 Å². The van der Waals surface area contributed by atoms with Crippen LogP contribution in [0.2, 0.25) is 0 Å². The lowest BCUT2D eigenvalue weighted by Gasteiger charge is -2.26. The Bertz CT molecular complexity index is 554. The smallest absolute Gasteiger partial charge is 0.241 e. The van der Waals surface area contributed by atoms with Crippen molar-refractivity contribution in [2.75, 3.05) is 11.9 Å². The molecule has 1 heterocycles. The molecule has 6 nitrogen and oxygen atoms in total. The van der Waals surface area contributed by atoms with Crippen LogP contribution in [0.1, 0.15) is 39.0 Å². The number of aliphatic hydroxyl groups is 1. The second-order valence-electron chi connectivity index (χ2n) is 5.43. The lowest BCUT2D eigenvalue weighted by molar-refractivity contribution is 0.120. The highest BCUT2D eigenvalue weighted by atomic mass is 32.2. The van der Waals surface area contributed by atoms with Crippen LogP contribution in [0.25, 0.3) is 0 Å². The lowest BCUT2D eigenvalue weighted by Crippen LogP contribution is -2.38. The van der Waals surface area contributed by atoms with Crippen molar-refractivity contribution in [1.82, 2.24) is 9.71 Å². The standard InChI is InChI=1S/C14H23N3O3S/c1-2-8-15-14-10-13(7-9-16-14)21(19,20)17-11-3-5-12(18)6-4-11/h7,9-12,17-18H,2-6,8H2,1H3,(H,15,16). The normalized spacial score (nSPS) is 23.0. The summed E-state index contributed by atoms with van der Waals surface area (Å²) in [6.07, 6.45) is 4.79. The van der Waals surface area contributed by atoms with Gasteiger partial charge in [-0.25, -0.2) is 18.1 Å². The topological polar surface area (TPSA) is 91.3 Å². The van der Waals surface area contributed by atoms with Crippen LogP contribution >= 0.6 is 0 Å². The first-order valence-corrected chi connectivity index (χ1v) is 8.90. The minimum absolute atomic E-state index is 0.0985. The van der Waals surface area contributed by atoms with E-state index in [1.54, 1.807) is 6.07 Å². The van der Waals surface area contributed by atoms with Gasteiger partial charge < -0.3 is 10.4 Å². The number of anilines is 1. The molecule has 0 unspecified atom stereocenters. The van der Waals surface area contributed by atoms with Gasteiger partial charge in [-0.2, -0.15) is 0 Å². The van der Waals surface area contributed by atoms with Crippen molar-refractivity contribution in [2.45, 2.75) is 56.1 Å². The Morgan fingerprint density at radius 1 is 1.33 bits per heavy atom. The summed E-state index contributed by atoms with van der Waals surface area (Å²) in [5.74, 6) is 0.568. The SMILES string of the molecule is CCCNc1cc(S(=O)(=O)NC2CCC(O)CC2)ccn1. The number of hydrogen-bond acceptors (Lipinski definition) is 5. The van der Waals surface area contributed by atoms with E-state index in [2.05, 4.69) is 15.0 Å². The largest absolute Gasteiger partial charge is 0.393 e. The third kappa shape index (κ3) is 4.66. The van der Waals surface area contributed by atoms with Crippen LogP contribution in [0.4, 0.5) is 5.82 Å². The number of hydrogen-bond donors (Lipinski definition) is 3. The van der Waals surface area contributed by atoms with Gasteiger partial charge in [0.05, 0.1) is 11.0 Å². The van der Waals surface area contributed by atoms with Crippen molar-refractivity contribution in [3.8, 4) is 0 Å². The zero-order valence-corrected chi connectivity index (χ0v) is 13.1. The molecule has 1 fully saturated rings. The Balaban J connectivity index is 2.05. The molecule has 21 heavy (non-hydrogen) atoms. The third-order valence-corrected chi connectivity index (χ3v) is 5.13. The summed E-state index contributed by atoms with van der Waals surface area (Å²) in [6, 6.07) is 2.95. The van der Waals surface area contributed by atoms with E-state index < -0.39 is 10.0 Å². The molecular weight excluding hydrogens is 290 g/mol. The number of nitrogens with one attached hydrogen (secondary N) is 2. The van der Waals surface area contributed by atoms with E-state index in [4.69, 9.17) is 0 Å². The molecule has 0 amide bonds. The summed E-state index contributed by atoms with van der Waals surface area (Å²) in [5, 5.41) is 12.5. The number of sulfonamides is 1. The zero-order chi connectivity index (χ0) is 15.3. The highest BCUT2D eigenvalue weighted by molar-refractivity contribution is 7.89. The lowest BCUT2D eigenvalue weighted by atomic mass is 9.94. The van der Waals surface area contributed by atoms with E-state index in [1.807, 2.05) is 6.92 Å². The summed E-state index contributed by atoms with van der Waals surface area (Å²) in [4.78, 5) is 4.34. The molecule has 7 heteroatoms. The van der Waals surface area contributed by atoms with Gasteiger partial charge in [0.2, 0.25) is 10.0 Å². The van der Waals surface area contributed by atoms with Crippen molar-refractivity contribution < 1.29 is 13.5 Å². The molecule has 1 saturated carbocycles. The molecule has 0 atom stereocenters. The van der Waals surface area contributed by atoms with Gasteiger partial charge in [0.25, 0.3) is 0 Å². The van der Waals surface area contributed by atoms with E-state index in [0.29, 0.717) is 31.5 Å². The Morgan fingerprint density at radius 2 is 2.05 bits per heavy atom. The number of aliphatic hydroxyl groups excluding tert-OH is 1. The van der Waals surface area contributed by atoms with Crippen LogP contribution in [0, 0.1) is 0 Å². The Morgan fingerprint density at radius 3 is 2.71 bits per heavy atom. The molecule has 0 radical (unpaired) electrons. The van der Waals surface area contributed by atoms with Gasteiger partial charge in [0.15, 0.2) is 0 Å². The Kier molecular flexibility index (Phi) is 5.55. The average Bonchev–Trinajstić information content (AvgIpc) is 2.48. The van der Waals surface area contributed by atoms with Gasteiger partial charge >= 0.3 is 0 Å². The highest BCUT2D eigenvalue weighted by Gasteiger charge is 2.25. The fourth-order valence-corrected chi connectivity index (χ4v) is 3.73. The van der Waals surface area contributed by atoms with Gasteiger partial charge in [-0.15, -0.1) is 0 Å². The summed E-state index contributed by atoms with van der Waals surface area (Å²) >= 11 is 0. The first kappa shape index (κ1) is 16.2. The second kappa shape index (κ2) is 7.20. The summed E-state index contributed by atoms with van der Waals surface area (Å²) in [5.41, 5.74) is 0. The van der Waals surface area contributed by atoms with Gasteiger partial charge in [0.1, 0.15) is 5.82 Å². The summed E-state index contributed by atoms with van der Waals surface area (Å²) in [6.45, 7) is 2.79. The van der Waals surface area contributed by atoms with Crippen molar-refractivity contribution in [3.63, 3.8) is 0 Å². The first-order chi connectivity index (χ1) is 10.0. The van der Waals surface area contributed by atoms with Crippen molar-refractivity contribution >= 4 is 15.8 Å². The summed E-state index contributed by atoms with van der Waals surface area (Å²) < 4.78 is 27.5. The van der Waals surface area contributed by atoms with Crippen LogP contribution in [0.15, 0.2) is 23.2 Å². The maximum absolute atomic E-state index is 12.4. The van der Waals surface area contributed by atoms with E-state index in [0.717, 1.165) is 13.0 Å². The van der Waals surface area contributed by atoms with Crippen molar-refractivity contribution in [3.05, 3.63) is 18.3 Å². The fourth-order valence-electron chi connectivity index (χ4n) is 2.41. The van der Waals surface area contributed by atoms with Crippen molar-refractivity contribution in [2.24, 2.45) is 0 Å². The van der Waals surface area contributed by atoms with E-state index in [9.17, 15) is 13.5 Å². The minimum Gasteiger partial charge on any atom is -0.393 e. The predicted octanol–water partition coefficient (Wildman–Crippen LogP) is 1.49. The predicted molar refractivity (Wildman–Crippen MR) is 81.6 cm³/mol. The van der Waals surface area contributed by atoms with E-state index >= 15 is 0 Å². The molecule has 1 aromatic rings. The monoisotopic (exact) mass is 313 g/mol. The first-order valence-electron chi connectivity index (χ1n) is 7.41. The highest BCUT2D eigenvalue weighted by Crippen LogP contribution is 2.21. The molecule has 0 aromatic carbocycles. The molecular formula is C14H23N3O3S. The fraction of sp³-hybridized carbons (Fsp3) is 0.643. The maximum atomic E-state index is 12.4. The molecule has 1 aliphatic rings. The molecule has 1 aromatic heterocycles. The number of pyridine rings is 1. The molecule has 2 rings (SSSR count). The number of nitrogens with zero attached hydrogens (tertiary/aromatic N) is 1. The molecule has 0 spiro atoms. The molecule has 0 bridgehead atoms. The molecule has 1 aliphatic carbocycles. The van der Waals surface area contributed by atoms with Crippen LogP contribution in [0.3, 0.4) is 0 Å². The van der Waals surface area contributed by atoms with E-state index in [1.165, 1.54) is 12.3 Å². The Labute approximate surface area is 126 Å². The van der Waals surface area contributed by atoms with Gasteiger partial charge in [-0.3, -0.25) is 0 Å². The molecule has 118 valence electrons. The average molecular weight is 313 g/mol. The van der Waals surface area contributed by atoms with E-state index in [-0.39, 0.29) is 17.0 Å². The van der Waals surface area contributed by atoms with Crippen LogP contribution in [-0.4, -0.2) is 37.2 Å². The number of rotatable bonds is 6. The van der Waals surface area contributed by atoms with Crippen LogP contribution in [-0.2, 0) is 10.0 Å².